The minimum atomic E-state index is -0.987. The molecule has 2 N–H and O–H groups in total. The molecule has 1 aromatic rings. The molecular formula is C18H25BBrFN2O2. The van der Waals surface area contributed by atoms with Gasteiger partial charge in [0.05, 0.1) is 11.2 Å². The van der Waals surface area contributed by atoms with Crippen LogP contribution in [0.3, 0.4) is 0 Å². The summed E-state index contributed by atoms with van der Waals surface area (Å²) in [5.41, 5.74) is 5.79. The van der Waals surface area contributed by atoms with Crippen LogP contribution < -0.4 is 5.73 Å². The molecule has 0 unspecified atom stereocenters. The number of benzene rings is 1. The van der Waals surface area contributed by atoms with Crippen LogP contribution in [0.1, 0.15) is 33.3 Å². The third kappa shape index (κ3) is 3.86. The molecule has 3 rings (SSSR count). The van der Waals surface area contributed by atoms with E-state index in [-0.39, 0.29) is 11.8 Å². The summed E-state index contributed by atoms with van der Waals surface area (Å²) in [7, 11) is -0.987. The zero-order valence-electron chi connectivity index (χ0n) is 15.2. The summed E-state index contributed by atoms with van der Waals surface area (Å²) in [6.45, 7) is 9.74. The molecule has 0 saturated carbocycles. The standard InChI is InChI=1S/C18H25BBrFN2O2/c1-17(2)18(3,4)25-19(24-17)16(21)15(11-23-9-14(22)10-23)12-5-7-13(20)8-6-12/h5-8,14H,9-11,22H2,1-4H3. The molecule has 4 nitrogen and oxygen atoms in total. The summed E-state index contributed by atoms with van der Waals surface area (Å²) in [4.78, 5) is 2.13. The van der Waals surface area contributed by atoms with Crippen molar-refractivity contribution >= 4 is 28.6 Å². The van der Waals surface area contributed by atoms with E-state index in [0.29, 0.717) is 12.1 Å². The molecule has 2 fully saturated rings. The van der Waals surface area contributed by atoms with Gasteiger partial charge < -0.3 is 15.0 Å². The Kier molecular flexibility index (Phi) is 5.16. The molecule has 2 aliphatic rings. The van der Waals surface area contributed by atoms with Gasteiger partial charge in [-0.15, -0.1) is 0 Å². The lowest BCUT2D eigenvalue weighted by atomic mass is 9.82. The van der Waals surface area contributed by atoms with Crippen LogP contribution in [0.15, 0.2) is 34.5 Å². The Morgan fingerprint density at radius 3 is 2.20 bits per heavy atom. The molecular weight excluding hydrogens is 386 g/mol. The molecule has 1 aromatic carbocycles. The molecule has 2 saturated heterocycles. The molecule has 25 heavy (non-hydrogen) atoms. The number of nitrogens with zero attached hydrogens (tertiary/aromatic N) is 1. The van der Waals surface area contributed by atoms with Gasteiger partial charge in [-0.3, -0.25) is 4.90 Å². The third-order valence-corrected chi connectivity index (χ3v) is 5.84. The fourth-order valence-corrected chi connectivity index (χ4v) is 3.27. The first-order chi connectivity index (χ1) is 11.6. The largest absolute Gasteiger partial charge is 0.525 e. The number of likely N-dealkylation sites (tertiary alicyclic amines) is 1. The monoisotopic (exact) mass is 410 g/mol. The first kappa shape index (κ1) is 19.0. The number of nitrogens with two attached hydrogens (primary N) is 1. The van der Waals surface area contributed by atoms with Crippen LogP contribution >= 0.6 is 15.9 Å². The average molecular weight is 411 g/mol. The maximum absolute atomic E-state index is 15.4. The van der Waals surface area contributed by atoms with Gasteiger partial charge in [-0.25, -0.2) is 4.39 Å². The van der Waals surface area contributed by atoms with E-state index in [0.717, 1.165) is 23.1 Å². The van der Waals surface area contributed by atoms with Crippen LogP contribution in [-0.4, -0.2) is 48.9 Å². The Bertz CT molecular complexity index is 656. The fraction of sp³-hybridized carbons (Fsp3) is 0.556. The van der Waals surface area contributed by atoms with Gasteiger partial charge >= 0.3 is 7.12 Å². The zero-order valence-corrected chi connectivity index (χ0v) is 16.8. The average Bonchev–Trinajstić information content (AvgIpc) is 2.71. The fourth-order valence-electron chi connectivity index (χ4n) is 3.01. The predicted octanol–water partition coefficient (Wildman–Crippen LogP) is 3.40. The predicted molar refractivity (Wildman–Crippen MR) is 103 cm³/mol. The van der Waals surface area contributed by atoms with Crippen LogP contribution in [0.2, 0.25) is 0 Å². The Morgan fingerprint density at radius 2 is 1.72 bits per heavy atom. The first-order valence-corrected chi connectivity index (χ1v) is 9.36. The summed E-state index contributed by atoms with van der Waals surface area (Å²) in [6, 6.07) is 7.81. The van der Waals surface area contributed by atoms with E-state index in [1.807, 2.05) is 52.0 Å². The van der Waals surface area contributed by atoms with Crippen molar-refractivity contribution in [3.05, 3.63) is 40.0 Å². The van der Waals surface area contributed by atoms with E-state index in [1.165, 1.54) is 0 Å². The molecule has 0 bridgehead atoms. The molecule has 7 heteroatoms. The van der Waals surface area contributed by atoms with Crippen LogP contribution in [0.25, 0.3) is 5.57 Å². The molecule has 0 atom stereocenters. The van der Waals surface area contributed by atoms with Crippen molar-refractivity contribution in [3.63, 3.8) is 0 Å². The summed E-state index contributed by atoms with van der Waals surface area (Å²) in [5.74, 6) is 0. The van der Waals surface area contributed by atoms with Crippen LogP contribution in [0, 0.1) is 0 Å². The van der Waals surface area contributed by atoms with Gasteiger partial charge in [0.15, 0.2) is 0 Å². The second kappa shape index (κ2) is 6.78. The van der Waals surface area contributed by atoms with Crippen molar-refractivity contribution in [3.8, 4) is 0 Å². The van der Waals surface area contributed by atoms with Crippen molar-refractivity contribution in [2.45, 2.75) is 44.9 Å². The van der Waals surface area contributed by atoms with E-state index >= 15 is 4.39 Å². The van der Waals surface area contributed by atoms with Gasteiger partial charge in [0.2, 0.25) is 0 Å². The minimum Gasteiger partial charge on any atom is -0.398 e. The minimum absolute atomic E-state index is 0.172. The molecule has 0 spiro atoms. The Labute approximate surface area is 157 Å². The Hall–Kier alpha value is -0.725. The maximum atomic E-state index is 15.4. The van der Waals surface area contributed by atoms with E-state index in [1.54, 1.807) is 0 Å². The summed E-state index contributed by atoms with van der Waals surface area (Å²) >= 11 is 3.43. The number of halogens is 2. The smallest absolute Gasteiger partial charge is 0.398 e. The molecule has 2 aliphatic heterocycles. The first-order valence-electron chi connectivity index (χ1n) is 8.57. The molecule has 0 aromatic heterocycles. The van der Waals surface area contributed by atoms with Gasteiger partial charge in [-0.2, -0.15) is 0 Å². The van der Waals surface area contributed by atoms with E-state index < -0.39 is 18.3 Å². The molecule has 2 heterocycles. The highest BCUT2D eigenvalue weighted by Gasteiger charge is 2.53. The summed E-state index contributed by atoms with van der Waals surface area (Å²) in [5, 5.41) is 0. The highest BCUT2D eigenvalue weighted by atomic mass is 79.9. The Balaban J connectivity index is 1.92. The highest BCUT2D eigenvalue weighted by molar-refractivity contribution is 9.10. The van der Waals surface area contributed by atoms with Gasteiger partial charge in [0.25, 0.3) is 0 Å². The number of hydrogen-bond donors (Lipinski definition) is 1. The van der Waals surface area contributed by atoms with Gasteiger partial charge in [-0.05, 0) is 45.4 Å². The third-order valence-electron chi connectivity index (χ3n) is 5.31. The van der Waals surface area contributed by atoms with Crippen molar-refractivity contribution < 1.29 is 13.7 Å². The van der Waals surface area contributed by atoms with E-state index in [9.17, 15) is 0 Å². The summed E-state index contributed by atoms with van der Waals surface area (Å²) in [6.07, 6.45) is 0. The van der Waals surface area contributed by atoms with Gasteiger partial charge in [0.1, 0.15) is 5.73 Å². The van der Waals surface area contributed by atoms with Crippen LogP contribution in [0.5, 0.6) is 0 Å². The molecule has 0 radical (unpaired) electrons. The van der Waals surface area contributed by atoms with Crippen molar-refractivity contribution in [2.24, 2.45) is 5.73 Å². The summed E-state index contributed by atoms with van der Waals surface area (Å²) < 4.78 is 28.2. The zero-order chi connectivity index (χ0) is 18.4. The second-order valence-corrected chi connectivity index (χ2v) is 8.79. The lowest BCUT2D eigenvalue weighted by molar-refractivity contribution is 0.00578. The van der Waals surface area contributed by atoms with E-state index in [4.69, 9.17) is 15.0 Å². The van der Waals surface area contributed by atoms with Crippen LogP contribution in [0.4, 0.5) is 4.39 Å². The molecule has 0 amide bonds. The number of rotatable bonds is 4. The SMILES string of the molecule is CC1(C)OB(C(F)=C(CN2CC(N)C2)c2ccc(Br)cc2)OC1(C)C. The highest BCUT2D eigenvalue weighted by Crippen LogP contribution is 2.40. The normalized spacial score (nSPS) is 24.2. The number of hydrogen-bond acceptors (Lipinski definition) is 4. The molecule has 0 aliphatic carbocycles. The van der Waals surface area contributed by atoms with E-state index in [2.05, 4.69) is 20.8 Å². The Morgan fingerprint density at radius 1 is 1.20 bits per heavy atom. The maximum Gasteiger partial charge on any atom is 0.525 e. The lowest BCUT2D eigenvalue weighted by Gasteiger charge is -2.37. The van der Waals surface area contributed by atoms with Gasteiger partial charge in [-0.1, -0.05) is 28.1 Å². The van der Waals surface area contributed by atoms with Crippen molar-refractivity contribution in [1.82, 2.24) is 4.90 Å². The van der Waals surface area contributed by atoms with Crippen molar-refractivity contribution in [2.75, 3.05) is 19.6 Å². The second-order valence-electron chi connectivity index (χ2n) is 7.88. The quantitative estimate of drug-likeness (QED) is 0.772. The topological polar surface area (TPSA) is 47.7 Å². The molecule has 136 valence electrons. The lowest BCUT2D eigenvalue weighted by Crippen LogP contribution is -2.55. The van der Waals surface area contributed by atoms with Gasteiger partial charge in [0, 0.05) is 35.7 Å². The van der Waals surface area contributed by atoms with Crippen LogP contribution in [-0.2, 0) is 9.31 Å². The van der Waals surface area contributed by atoms with Crippen molar-refractivity contribution in [1.29, 1.82) is 0 Å².